The van der Waals surface area contributed by atoms with Crippen LogP contribution in [-0.2, 0) is 0 Å². The summed E-state index contributed by atoms with van der Waals surface area (Å²) >= 11 is 5.54. The van der Waals surface area contributed by atoms with E-state index < -0.39 is 0 Å². The molecule has 1 aliphatic heterocycles. The normalized spacial score (nSPS) is 22.4. The standard InChI is InChI=1S/C16H23N3S/c1-13-7-9-14(10-8-13)19-15(20)17-16(18-19)11-5-3-2-4-6-12-16/h7-10,18H,2-6,11-12H2,1H3,(H,17,20). The number of nitrogens with one attached hydrogen (secondary N) is 2. The van der Waals surface area contributed by atoms with Crippen molar-refractivity contribution < 1.29 is 0 Å². The fraction of sp³-hybridized carbons (Fsp3) is 0.562. The third-order valence-electron chi connectivity index (χ3n) is 4.37. The Balaban J connectivity index is 1.78. The Kier molecular flexibility index (Phi) is 3.94. The second-order valence-electron chi connectivity index (χ2n) is 6.06. The van der Waals surface area contributed by atoms with Gasteiger partial charge in [0.1, 0.15) is 5.66 Å². The van der Waals surface area contributed by atoms with Crippen molar-refractivity contribution >= 4 is 23.0 Å². The number of hydrazine groups is 1. The zero-order valence-corrected chi connectivity index (χ0v) is 12.9. The number of hydrogen-bond donors (Lipinski definition) is 2. The molecule has 0 aromatic heterocycles. The van der Waals surface area contributed by atoms with Crippen molar-refractivity contribution in [3.63, 3.8) is 0 Å². The van der Waals surface area contributed by atoms with E-state index in [1.54, 1.807) is 0 Å². The van der Waals surface area contributed by atoms with E-state index in [1.807, 2.05) is 5.01 Å². The molecule has 0 unspecified atom stereocenters. The van der Waals surface area contributed by atoms with Gasteiger partial charge in [0.2, 0.25) is 0 Å². The SMILES string of the molecule is Cc1ccc(N2NC3(CCCCCCC3)NC2=S)cc1. The van der Waals surface area contributed by atoms with E-state index in [1.165, 1.54) is 37.7 Å². The van der Waals surface area contributed by atoms with Crippen LogP contribution in [0.15, 0.2) is 24.3 Å². The lowest BCUT2D eigenvalue weighted by Crippen LogP contribution is -2.51. The van der Waals surface area contributed by atoms with Gasteiger partial charge in [-0.2, -0.15) is 0 Å². The smallest absolute Gasteiger partial charge is 0.189 e. The molecule has 1 aliphatic carbocycles. The summed E-state index contributed by atoms with van der Waals surface area (Å²) < 4.78 is 0. The molecule has 3 rings (SSSR count). The molecular formula is C16H23N3S. The average Bonchev–Trinajstić information content (AvgIpc) is 2.74. The third-order valence-corrected chi connectivity index (χ3v) is 4.66. The summed E-state index contributed by atoms with van der Waals surface area (Å²) in [5, 5.41) is 6.38. The van der Waals surface area contributed by atoms with Gasteiger partial charge in [-0.15, -0.1) is 0 Å². The number of rotatable bonds is 1. The van der Waals surface area contributed by atoms with Crippen LogP contribution in [0.4, 0.5) is 5.69 Å². The molecule has 2 aliphatic rings. The van der Waals surface area contributed by atoms with Crippen LogP contribution in [0.5, 0.6) is 0 Å². The first-order valence-electron chi connectivity index (χ1n) is 7.65. The molecule has 108 valence electrons. The highest BCUT2D eigenvalue weighted by atomic mass is 32.1. The molecule has 0 radical (unpaired) electrons. The molecule has 0 amide bonds. The maximum Gasteiger partial charge on any atom is 0.189 e. The van der Waals surface area contributed by atoms with E-state index in [0.717, 1.165) is 23.6 Å². The van der Waals surface area contributed by atoms with Crippen LogP contribution in [0.3, 0.4) is 0 Å². The molecule has 20 heavy (non-hydrogen) atoms. The van der Waals surface area contributed by atoms with E-state index >= 15 is 0 Å². The first kappa shape index (κ1) is 13.8. The van der Waals surface area contributed by atoms with Gasteiger partial charge in [0.05, 0.1) is 5.69 Å². The van der Waals surface area contributed by atoms with Gasteiger partial charge in [0.25, 0.3) is 0 Å². The topological polar surface area (TPSA) is 27.3 Å². The van der Waals surface area contributed by atoms with E-state index in [2.05, 4.69) is 41.9 Å². The van der Waals surface area contributed by atoms with Crippen molar-refractivity contribution in [1.82, 2.24) is 10.7 Å². The molecule has 2 N–H and O–H groups in total. The third kappa shape index (κ3) is 2.81. The summed E-state index contributed by atoms with van der Waals surface area (Å²) in [7, 11) is 0. The molecule has 1 spiro atoms. The minimum absolute atomic E-state index is 0.0254. The highest BCUT2D eigenvalue weighted by molar-refractivity contribution is 7.80. The van der Waals surface area contributed by atoms with Gasteiger partial charge in [0.15, 0.2) is 5.11 Å². The number of hydrogen-bond acceptors (Lipinski definition) is 2. The molecule has 0 bridgehead atoms. The van der Waals surface area contributed by atoms with Crippen LogP contribution >= 0.6 is 12.2 Å². The number of benzene rings is 1. The maximum atomic E-state index is 5.54. The zero-order valence-electron chi connectivity index (χ0n) is 12.1. The van der Waals surface area contributed by atoms with Crippen molar-refractivity contribution in [1.29, 1.82) is 0 Å². The minimum Gasteiger partial charge on any atom is -0.342 e. The monoisotopic (exact) mass is 289 g/mol. The van der Waals surface area contributed by atoms with Crippen molar-refractivity contribution in [2.45, 2.75) is 57.5 Å². The predicted octanol–water partition coefficient (Wildman–Crippen LogP) is 3.63. The molecule has 1 saturated carbocycles. The van der Waals surface area contributed by atoms with Gasteiger partial charge in [-0.25, -0.2) is 5.43 Å². The van der Waals surface area contributed by atoms with Crippen LogP contribution in [0.1, 0.15) is 50.5 Å². The summed E-state index contributed by atoms with van der Waals surface area (Å²) in [6.45, 7) is 2.11. The van der Waals surface area contributed by atoms with Crippen molar-refractivity contribution in [3.05, 3.63) is 29.8 Å². The Morgan fingerprint density at radius 3 is 2.25 bits per heavy atom. The average molecular weight is 289 g/mol. The largest absolute Gasteiger partial charge is 0.342 e. The van der Waals surface area contributed by atoms with E-state index in [0.29, 0.717) is 0 Å². The predicted molar refractivity (Wildman–Crippen MR) is 87.6 cm³/mol. The minimum atomic E-state index is -0.0254. The fourth-order valence-electron chi connectivity index (χ4n) is 3.17. The molecule has 4 heteroatoms. The Morgan fingerprint density at radius 2 is 1.60 bits per heavy atom. The summed E-state index contributed by atoms with van der Waals surface area (Å²) in [5.41, 5.74) is 6.00. The van der Waals surface area contributed by atoms with Gasteiger partial charge in [-0.3, -0.25) is 5.01 Å². The summed E-state index contributed by atoms with van der Waals surface area (Å²) in [4.78, 5) is 0. The molecule has 1 heterocycles. The van der Waals surface area contributed by atoms with Gasteiger partial charge in [-0.1, -0.05) is 37.0 Å². The lowest BCUT2D eigenvalue weighted by molar-refractivity contribution is 0.257. The second-order valence-corrected chi connectivity index (χ2v) is 6.45. The number of nitrogens with zero attached hydrogens (tertiary/aromatic N) is 1. The molecular weight excluding hydrogens is 266 g/mol. The van der Waals surface area contributed by atoms with Crippen LogP contribution in [-0.4, -0.2) is 10.8 Å². The van der Waals surface area contributed by atoms with Crippen molar-refractivity contribution in [2.24, 2.45) is 0 Å². The number of aryl methyl sites for hydroxylation is 1. The highest BCUT2D eigenvalue weighted by Gasteiger charge is 2.39. The van der Waals surface area contributed by atoms with Gasteiger partial charge < -0.3 is 5.32 Å². The van der Waals surface area contributed by atoms with Crippen LogP contribution in [0.2, 0.25) is 0 Å². The Labute approximate surface area is 126 Å². The lowest BCUT2D eigenvalue weighted by atomic mass is 9.92. The first-order chi connectivity index (χ1) is 9.69. The molecule has 1 saturated heterocycles. The Bertz CT molecular complexity index is 475. The van der Waals surface area contributed by atoms with Gasteiger partial charge in [-0.05, 0) is 57.0 Å². The summed E-state index contributed by atoms with van der Waals surface area (Å²) in [6.07, 6.45) is 8.88. The summed E-state index contributed by atoms with van der Waals surface area (Å²) in [5.74, 6) is 0. The number of anilines is 1. The van der Waals surface area contributed by atoms with Crippen molar-refractivity contribution in [3.8, 4) is 0 Å². The van der Waals surface area contributed by atoms with Crippen LogP contribution in [0, 0.1) is 6.92 Å². The quantitative estimate of drug-likeness (QED) is 0.772. The molecule has 0 atom stereocenters. The summed E-state index contributed by atoms with van der Waals surface area (Å²) in [6, 6.07) is 8.50. The van der Waals surface area contributed by atoms with Crippen molar-refractivity contribution in [2.75, 3.05) is 5.01 Å². The lowest BCUT2D eigenvalue weighted by Gasteiger charge is -2.31. The zero-order chi connectivity index (χ0) is 14.0. The second kappa shape index (κ2) is 5.70. The van der Waals surface area contributed by atoms with Gasteiger partial charge in [0, 0.05) is 0 Å². The fourth-order valence-corrected chi connectivity index (χ4v) is 3.52. The van der Waals surface area contributed by atoms with Crippen LogP contribution in [0.25, 0.3) is 0 Å². The molecule has 1 aromatic rings. The maximum absolute atomic E-state index is 5.54. The van der Waals surface area contributed by atoms with E-state index in [9.17, 15) is 0 Å². The first-order valence-corrected chi connectivity index (χ1v) is 8.06. The molecule has 1 aromatic carbocycles. The number of thiocarbonyl (C=S) groups is 1. The van der Waals surface area contributed by atoms with E-state index in [4.69, 9.17) is 12.2 Å². The van der Waals surface area contributed by atoms with Crippen LogP contribution < -0.4 is 15.8 Å². The molecule has 2 fully saturated rings. The highest BCUT2D eigenvalue weighted by Crippen LogP contribution is 2.29. The van der Waals surface area contributed by atoms with Gasteiger partial charge >= 0.3 is 0 Å². The molecule has 3 nitrogen and oxygen atoms in total. The Hall–Kier alpha value is -1.13. The van der Waals surface area contributed by atoms with E-state index in [-0.39, 0.29) is 5.66 Å². The Morgan fingerprint density at radius 1 is 1.00 bits per heavy atom.